The molecule has 0 saturated heterocycles. The highest BCUT2D eigenvalue weighted by atomic mass is 79.9. The van der Waals surface area contributed by atoms with Gasteiger partial charge in [-0.05, 0) is 54.1 Å². The minimum Gasteiger partial charge on any atom is -0.399 e. The second kappa shape index (κ2) is 6.91. The normalized spacial score (nSPS) is 12.8. The third kappa shape index (κ3) is 4.51. The van der Waals surface area contributed by atoms with E-state index in [1.54, 1.807) is 18.2 Å². The quantitative estimate of drug-likeness (QED) is 0.816. The first-order valence-electron chi connectivity index (χ1n) is 6.32. The van der Waals surface area contributed by atoms with Gasteiger partial charge in [-0.3, -0.25) is 4.79 Å². The number of carbonyl (C=O) groups excluding carboxylic acids is 1. The maximum Gasteiger partial charge on any atom is 0.252 e. The van der Waals surface area contributed by atoms with E-state index in [1.165, 1.54) is 0 Å². The van der Waals surface area contributed by atoms with Crippen LogP contribution in [0.4, 0.5) is 5.69 Å². The number of nitrogens with zero attached hydrogens (tertiary/aromatic N) is 1. The van der Waals surface area contributed by atoms with Crippen LogP contribution in [0, 0.1) is 5.92 Å². The highest BCUT2D eigenvalue weighted by molar-refractivity contribution is 9.10. The fourth-order valence-corrected chi connectivity index (χ4v) is 2.45. The minimum absolute atomic E-state index is 0.105. The van der Waals surface area contributed by atoms with Crippen LogP contribution in [0.3, 0.4) is 0 Å². The first-order chi connectivity index (χ1) is 8.82. The van der Waals surface area contributed by atoms with E-state index in [1.807, 2.05) is 14.1 Å². The first-order valence-corrected chi connectivity index (χ1v) is 7.12. The van der Waals surface area contributed by atoms with Crippen LogP contribution in [-0.4, -0.2) is 37.5 Å². The summed E-state index contributed by atoms with van der Waals surface area (Å²) in [6.45, 7) is 4.91. The number of hydrogen-bond donors (Lipinski definition) is 2. The maximum absolute atomic E-state index is 12.2. The fourth-order valence-electron chi connectivity index (χ4n) is 2.02. The van der Waals surface area contributed by atoms with Gasteiger partial charge in [0.1, 0.15) is 0 Å². The summed E-state index contributed by atoms with van der Waals surface area (Å²) in [5, 5.41) is 2.96. The molecule has 0 heterocycles. The Hall–Kier alpha value is -1.07. The van der Waals surface area contributed by atoms with Gasteiger partial charge in [-0.15, -0.1) is 0 Å². The Morgan fingerprint density at radius 3 is 2.58 bits per heavy atom. The summed E-state index contributed by atoms with van der Waals surface area (Å²) < 4.78 is 0.755. The van der Waals surface area contributed by atoms with Crippen molar-refractivity contribution in [1.82, 2.24) is 10.2 Å². The van der Waals surface area contributed by atoms with E-state index in [4.69, 9.17) is 5.73 Å². The Morgan fingerprint density at radius 1 is 1.42 bits per heavy atom. The lowest BCUT2D eigenvalue weighted by Crippen LogP contribution is -2.43. The van der Waals surface area contributed by atoms with Gasteiger partial charge in [0.25, 0.3) is 5.91 Å². The average Bonchev–Trinajstić information content (AvgIpc) is 2.31. The minimum atomic E-state index is -0.105. The molecule has 0 aliphatic carbocycles. The largest absolute Gasteiger partial charge is 0.399 e. The van der Waals surface area contributed by atoms with Crippen molar-refractivity contribution in [2.24, 2.45) is 5.92 Å². The molecule has 106 valence electrons. The summed E-state index contributed by atoms with van der Waals surface area (Å²) in [6.07, 6.45) is 0. The number of hydrogen-bond acceptors (Lipinski definition) is 3. The number of rotatable bonds is 5. The molecule has 1 amide bonds. The van der Waals surface area contributed by atoms with E-state index in [0.717, 1.165) is 4.47 Å². The van der Waals surface area contributed by atoms with Gasteiger partial charge < -0.3 is 16.0 Å². The zero-order valence-corrected chi connectivity index (χ0v) is 13.5. The molecule has 1 aromatic rings. The van der Waals surface area contributed by atoms with Crippen LogP contribution < -0.4 is 11.1 Å². The second-order valence-electron chi connectivity index (χ2n) is 5.22. The van der Waals surface area contributed by atoms with Crippen molar-refractivity contribution in [2.45, 2.75) is 19.9 Å². The maximum atomic E-state index is 12.2. The van der Waals surface area contributed by atoms with Crippen molar-refractivity contribution in [1.29, 1.82) is 0 Å². The predicted molar refractivity (Wildman–Crippen MR) is 83.2 cm³/mol. The van der Waals surface area contributed by atoms with Crippen molar-refractivity contribution >= 4 is 27.5 Å². The Morgan fingerprint density at radius 2 is 2.05 bits per heavy atom. The summed E-state index contributed by atoms with van der Waals surface area (Å²) in [4.78, 5) is 14.3. The van der Waals surface area contributed by atoms with Gasteiger partial charge in [-0.25, -0.2) is 0 Å². The molecule has 3 N–H and O–H groups in total. The van der Waals surface area contributed by atoms with Crippen LogP contribution in [0.2, 0.25) is 0 Å². The molecule has 0 radical (unpaired) electrons. The Kier molecular flexibility index (Phi) is 5.82. The summed E-state index contributed by atoms with van der Waals surface area (Å²) in [6, 6.07) is 5.54. The molecule has 1 unspecified atom stereocenters. The van der Waals surface area contributed by atoms with Gasteiger partial charge in [-0.1, -0.05) is 13.8 Å². The predicted octanol–water partition coefficient (Wildman–Crippen LogP) is 2.35. The first kappa shape index (κ1) is 16.0. The Balaban J connectivity index is 2.72. The summed E-state index contributed by atoms with van der Waals surface area (Å²) in [5.41, 5.74) is 6.86. The molecule has 0 spiro atoms. The molecule has 0 aliphatic heterocycles. The lowest BCUT2D eigenvalue weighted by Gasteiger charge is -2.28. The standard InChI is InChI=1S/C14H22BrN3O/c1-9(2)13(18(3)4)8-17-14(19)11-7-10(16)5-6-12(11)15/h5-7,9,13H,8,16H2,1-4H3,(H,17,19). The van der Waals surface area contributed by atoms with Crippen LogP contribution in [0.15, 0.2) is 22.7 Å². The van der Waals surface area contributed by atoms with Crippen molar-refractivity contribution in [2.75, 3.05) is 26.4 Å². The SMILES string of the molecule is CC(C)C(CNC(=O)c1cc(N)ccc1Br)N(C)C. The molecule has 0 aliphatic rings. The van der Waals surface area contributed by atoms with E-state index in [2.05, 4.69) is 40.0 Å². The highest BCUT2D eigenvalue weighted by Crippen LogP contribution is 2.19. The van der Waals surface area contributed by atoms with E-state index >= 15 is 0 Å². The van der Waals surface area contributed by atoms with E-state index in [9.17, 15) is 4.79 Å². The number of likely N-dealkylation sites (N-methyl/N-ethyl adjacent to an activating group) is 1. The molecular formula is C14H22BrN3O. The Bertz CT molecular complexity index is 438. The second-order valence-corrected chi connectivity index (χ2v) is 6.08. The third-order valence-electron chi connectivity index (χ3n) is 3.14. The van der Waals surface area contributed by atoms with Gasteiger partial charge >= 0.3 is 0 Å². The molecular weight excluding hydrogens is 306 g/mol. The number of halogens is 1. The van der Waals surface area contributed by atoms with E-state index in [0.29, 0.717) is 29.8 Å². The van der Waals surface area contributed by atoms with E-state index in [-0.39, 0.29) is 5.91 Å². The van der Waals surface area contributed by atoms with Crippen molar-refractivity contribution < 1.29 is 4.79 Å². The van der Waals surface area contributed by atoms with Crippen LogP contribution >= 0.6 is 15.9 Å². The van der Waals surface area contributed by atoms with Gasteiger partial charge in [0.2, 0.25) is 0 Å². The molecule has 0 fully saturated rings. The lowest BCUT2D eigenvalue weighted by molar-refractivity contribution is 0.0934. The molecule has 0 saturated carbocycles. The zero-order valence-electron chi connectivity index (χ0n) is 11.9. The summed E-state index contributed by atoms with van der Waals surface area (Å²) >= 11 is 3.37. The monoisotopic (exact) mass is 327 g/mol. The number of benzene rings is 1. The highest BCUT2D eigenvalue weighted by Gasteiger charge is 2.18. The van der Waals surface area contributed by atoms with Gasteiger partial charge in [0.05, 0.1) is 5.56 Å². The number of nitrogens with two attached hydrogens (primary N) is 1. The molecule has 1 aromatic carbocycles. The van der Waals surface area contributed by atoms with Crippen molar-refractivity contribution in [3.8, 4) is 0 Å². The fraction of sp³-hybridized carbons (Fsp3) is 0.500. The van der Waals surface area contributed by atoms with Crippen LogP contribution in [-0.2, 0) is 0 Å². The number of nitrogen functional groups attached to an aromatic ring is 1. The molecule has 4 nitrogen and oxygen atoms in total. The van der Waals surface area contributed by atoms with Crippen LogP contribution in [0.5, 0.6) is 0 Å². The zero-order chi connectivity index (χ0) is 14.6. The van der Waals surface area contributed by atoms with Gasteiger partial charge in [0, 0.05) is 22.7 Å². The number of amides is 1. The summed E-state index contributed by atoms with van der Waals surface area (Å²) in [5.74, 6) is 0.367. The molecule has 0 aromatic heterocycles. The third-order valence-corrected chi connectivity index (χ3v) is 3.83. The molecule has 1 rings (SSSR count). The Labute approximate surface area is 123 Å². The van der Waals surface area contributed by atoms with Crippen molar-refractivity contribution in [3.63, 3.8) is 0 Å². The molecule has 0 bridgehead atoms. The smallest absolute Gasteiger partial charge is 0.252 e. The lowest BCUT2D eigenvalue weighted by atomic mass is 10.0. The van der Waals surface area contributed by atoms with Gasteiger partial charge in [0.15, 0.2) is 0 Å². The average molecular weight is 328 g/mol. The van der Waals surface area contributed by atoms with Crippen LogP contribution in [0.25, 0.3) is 0 Å². The van der Waals surface area contributed by atoms with Crippen molar-refractivity contribution in [3.05, 3.63) is 28.2 Å². The molecule has 1 atom stereocenters. The number of nitrogens with one attached hydrogen (secondary N) is 1. The van der Waals surface area contributed by atoms with E-state index < -0.39 is 0 Å². The van der Waals surface area contributed by atoms with Gasteiger partial charge in [-0.2, -0.15) is 0 Å². The molecule has 19 heavy (non-hydrogen) atoms. The molecule has 5 heteroatoms. The number of anilines is 1. The topological polar surface area (TPSA) is 58.4 Å². The summed E-state index contributed by atoms with van der Waals surface area (Å²) in [7, 11) is 4.04. The number of carbonyl (C=O) groups is 1. The van der Waals surface area contributed by atoms with Crippen LogP contribution in [0.1, 0.15) is 24.2 Å².